The SMILES string of the molecule is CN=C(NCCN1C(=O)C2C3C=CC(C3)C2C1=O)NCc1cc(Br)ccc1F.I. The molecule has 2 fully saturated rings. The van der Waals surface area contributed by atoms with Gasteiger partial charge in [0.2, 0.25) is 11.8 Å². The Kier molecular flexibility index (Phi) is 6.98. The number of halogens is 3. The van der Waals surface area contributed by atoms with Crippen molar-refractivity contribution in [2.75, 3.05) is 20.1 Å². The first kappa shape index (κ1) is 22.2. The van der Waals surface area contributed by atoms with Crippen molar-refractivity contribution < 1.29 is 14.0 Å². The topological polar surface area (TPSA) is 73.8 Å². The van der Waals surface area contributed by atoms with E-state index in [2.05, 4.69) is 43.7 Å². The second kappa shape index (κ2) is 9.11. The summed E-state index contributed by atoms with van der Waals surface area (Å²) in [5.41, 5.74) is 0.512. The summed E-state index contributed by atoms with van der Waals surface area (Å²) in [6.07, 6.45) is 5.11. The Hall–Kier alpha value is -1.49. The summed E-state index contributed by atoms with van der Waals surface area (Å²) in [6, 6.07) is 4.76. The minimum atomic E-state index is -0.297. The van der Waals surface area contributed by atoms with E-state index in [1.165, 1.54) is 11.0 Å². The first-order chi connectivity index (χ1) is 13.5. The van der Waals surface area contributed by atoms with E-state index >= 15 is 0 Å². The standard InChI is InChI=1S/C20H22BrFN4O2.HI/c1-23-20(25-10-13-9-14(21)4-5-15(13)22)24-6-7-26-18(27)16-11-2-3-12(8-11)17(16)19(26)28;/h2-5,9,11-12,16-17H,6-8,10H2,1H3,(H2,23,24,25);1H. The van der Waals surface area contributed by atoms with E-state index < -0.39 is 0 Å². The third-order valence-corrected chi connectivity index (χ3v) is 6.36. The van der Waals surface area contributed by atoms with Gasteiger partial charge in [0.05, 0.1) is 11.8 Å². The number of aliphatic imine (C=N–C) groups is 1. The van der Waals surface area contributed by atoms with Crippen molar-refractivity contribution in [2.24, 2.45) is 28.7 Å². The average molecular weight is 577 g/mol. The van der Waals surface area contributed by atoms with Gasteiger partial charge < -0.3 is 10.6 Å². The molecule has 1 saturated carbocycles. The van der Waals surface area contributed by atoms with Gasteiger partial charge in [0.15, 0.2) is 5.96 Å². The number of amides is 2. The maximum atomic E-state index is 13.8. The van der Waals surface area contributed by atoms with Crippen molar-refractivity contribution in [3.05, 3.63) is 46.2 Å². The third-order valence-electron chi connectivity index (χ3n) is 5.87. The highest BCUT2D eigenvalue weighted by Gasteiger charge is 2.58. The quantitative estimate of drug-likeness (QED) is 0.186. The Morgan fingerprint density at radius 2 is 1.86 bits per heavy atom. The molecule has 6 nitrogen and oxygen atoms in total. The third kappa shape index (κ3) is 4.21. The molecule has 2 N–H and O–H groups in total. The number of nitrogens with zero attached hydrogens (tertiary/aromatic N) is 2. The van der Waals surface area contributed by atoms with Crippen LogP contribution in [0.1, 0.15) is 12.0 Å². The van der Waals surface area contributed by atoms with Gasteiger partial charge in [-0.15, -0.1) is 24.0 Å². The lowest BCUT2D eigenvalue weighted by Crippen LogP contribution is -2.43. The van der Waals surface area contributed by atoms with Crippen LogP contribution in [0, 0.1) is 29.5 Å². The van der Waals surface area contributed by atoms with Gasteiger partial charge in [0, 0.05) is 36.7 Å². The van der Waals surface area contributed by atoms with Gasteiger partial charge in [0.25, 0.3) is 0 Å². The molecular weight excluding hydrogens is 554 g/mol. The van der Waals surface area contributed by atoms with Crippen molar-refractivity contribution in [1.82, 2.24) is 15.5 Å². The van der Waals surface area contributed by atoms with E-state index in [1.54, 1.807) is 19.2 Å². The first-order valence-corrected chi connectivity index (χ1v) is 10.2. The Labute approximate surface area is 194 Å². The second-order valence-corrected chi connectivity index (χ2v) is 8.33. The molecule has 1 aromatic rings. The predicted molar refractivity (Wildman–Crippen MR) is 122 cm³/mol. The summed E-state index contributed by atoms with van der Waals surface area (Å²) in [6.45, 7) is 0.960. The fraction of sp³-hybridized carbons (Fsp3) is 0.450. The first-order valence-electron chi connectivity index (χ1n) is 9.41. The molecule has 4 atom stereocenters. The van der Waals surface area contributed by atoms with Gasteiger partial charge in [0.1, 0.15) is 5.82 Å². The van der Waals surface area contributed by atoms with Gasteiger partial charge >= 0.3 is 0 Å². The van der Waals surface area contributed by atoms with Crippen LogP contribution in [-0.4, -0.2) is 42.8 Å². The molecule has 0 spiro atoms. The highest BCUT2D eigenvalue weighted by molar-refractivity contribution is 14.0. The van der Waals surface area contributed by atoms with Gasteiger partial charge in [-0.3, -0.25) is 19.5 Å². The predicted octanol–water partition coefficient (Wildman–Crippen LogP) is 2.68. The second-order valence-electron chi connectivity index (χ2n) is 7.42. The fourth-order valence-electron chi connectivity index (χ4n) is 4.55. The summed E-state index contributed by atoms with van der Waals surface area (Å²) < 4.78 is 14.6. The van der Waals surface area contributed by atoms with Crippen LogP contribution in [0.4, 0.5) is 4.39 Å². The summed E-state index contributed by atoms with van der Waals surface area (Å²) in [7, 11) is 1.62. The molecule has 1 heterocycles. The monoisotopic (exact) mass is 576 g/mol. The zero-order valence-corrected chi connectivity index (χ0v) is 19.8. The number of rotatable bonds is 5. The summed E-state index contributed by atoms with van der Waals surface area (Å²) in [5, 5.41) is 6.13. The Morgan fingerprint density at radius 3 is 2.48 bits per heavy atom. The van der Waals surface area contributed by atoms with Gasteiger partial charge in [-0.1, -0.05) is 28.1 Å². The van der Waals surface area contributed by atoms with Crippen LogP contribution < -0.4 is 10.6 Å². The maximum Gasteiger partial charge on any atom is 0.233 e. The molecule has 2 amide bonds. The number of likely N-dealkylation sites (tertiary alicyclic amines) is 1. The average Bonchev–Trinajstić information content (AvgIpc) is 3.36. The van der Waals surface area contributed by atoms with Gasteiger partial charge in [-0.2, -0.15) is 0 Å². The minimum absolute atomic E-state index is 0. The highest BCUT2D eigenvalue weighted by atomic mass is 127. The normalized spacial score (nSPS) is 27.3. The van der Waals surface area contributed by atoms with Crippen LogP contribution in [0.15, 0.2) is 39.8 Å². The lowest BCUT2D eigenvalue weighted by atomic mass is 9.85. The largest absolute Gasteiger partial charge is 0.355 e. The molecule has 156 valence electrons. The van der Waals surface area contributed by atoms with E-state index in [0.29, 0.717) is 24.6 Å². The van der Waals surface area contributed by atoms with E-state index in [4.69, 9.17) is 0 Å². The molecule has 0 aromatic heterocycles. The van der Waals surface area contributed by atoms with Crippen molar-refractivity contribution >= 4 is 57.7 Å². The summed E-state index contributed by atoms with van der Waals surface area (Å²) >= 11 is 3.33. The van der Waals surface area contributed by atoms with Gasteiger partial charge in [-0.25, -0.2) is 4.39 Å². The number of carbonyl (C=O) groups excluding carboxylic acids is 2. The number of hydrogen-bond donors (Lipinski definition) is 2. The van der Waals surface area contributed by atoms with E-state index in [0.717, 1.165) is 10.9 Å². The van der Waals surface area contributed by atoms with Crippen LogP contribution in [0.2, 0.25) is 0 Å². The van der Waals surface area contributed by atoms with Crippen molar-refractivity contribution in [3.63, 3.8) is 0 Å². The van der Waals surface area contributed by atoms with E-state index in [1.807, 2.05) is 0 Å². The number of nitrogens with one attached hydrogen (secondary N) is 2. The molecule has 29 heavy (non-hydrogen) atoms. The van der Waals surface area contributed by atoms with Crippen LogP contribution in [0.25, 0.3) is 0 Å². The van der Waals surface area contributed by atoms with Crippen molar-refractivity contribution in [1.29, 1.82) is 0 Å². The molecule has 1 saturated heterocycles. The molecule has 1 aliphatic heterocycles. The number of imide groups is 1. The summed E-state index contributed by atoms with van der Waals surface area (Å²) in [5.74, 6) is 0.201. The Balaban J connectivity index is 0.00000240. The molecule has 4 rings (SSSR count). The summed E-state index contributed by atoms with van der Waals surface area (Å²) in [4.78, 5) is 30.8. The Morgan fingerprint density at radius 1 is 1.21 bits per heavy atom. The number of hydrogen-bond acceptors (Lipinski definition) is 3. The van der Waals surface area contributed by atoms with E-state index in [9.17, 15) is 14.0 Å². The molecule has 0 radical (unpaired) electrons. The lowest BCUT2D eigenvalue weighted by molar-refractivity contribution is -0.140. The highest BCUT2D eigenvalue weighted by Crippen LogP contribution is 2.52. The van der Waals surface area contributed by atoms with Crippen LogP contribution in [-0.2, 0) is 16.1 Å². The fourth-order valence-corrected chi connectivity index (χ4v) is 4.96. The Bertz CT molecular complexity index is 848. The smallest absolute Gasteiger partial charge is 0.233 e. The zero-order valence-electron chi connectivity index (χ0n) is 15.9. The van der Waals surface area contributed by atoms with Crippen LogP contribution in [0.3, 0.4) is 0 Å². The van der Waals surface area contributed by atoms with Crippen molar-refractivity contribution in [3.8, 4) is 0 Å². The molecular formula is C20H23BrFIN4O2. The number of carbonyl (C=O) groups is 2. The molecule has 4 unspecified atom stereocenters. The molecule has 9 heteroatoms. The number of fused-ring (bicyclic) bond motifs is 5. The van der Waals surface area contributed by atoms with Gasteiger partial charge in [-0.05, 0) is 36.5 Å². The number of benzene rings is 1. The van der Waals surface area contributed by atoms with E-state index in [-0.39, 0.29) is 71.8 Å². The number of allylic oxidation sites excluding steroid dienone is 2. The molecule has 3 aliphatic rings. The van der Waals surface area contributed by atoms with Crippen molar-refractivity contribution in [2.45, 2.75) is 13.0 Å². The lowest BCUT2D eigenvalue weighted by Gasteiger charge is -2.18. The molecule has 2 bridgehead atoms. The molecule has 2 aliphatic carbocycles. The van der Waals surface area contributed by atoms with Crippen LogP contribution in [0.5, 0.6) is 0 Å². The van der Waals surface area contributed by atoms with Crippen LogP contribution >= 0.6 is 39.9 Å². The zero-order chi connectivity index (χ0) is 19.8. The molecule has 1 aromatic carbocycles. The maximum absolute atomic E-state index is 13.8. The minimum Gasteiger partial charge on any atom is -0.355 e. The number of guanidine groups is 1.